The Balaban J connectivity index is 2.40. The van der Waals surface area contributed by atoms with Crippen LogP contribution in [0.3, 0.4) is 0 Å². The fourth-order valence-corrected chi connectivity index (χ4v) is 0.102. The Hall–Kier alpha value is -0.300. The number of ether oxygens (including phenoxy) is 1. The van der Waals surface area contributed by atoms with E-state index in [1.807, 2.05) is 0 Å². The highest BCUT2D eigenvalue weighted by atomic mass is 16.5. The average Bonchev–Trinajstić information content (AvgIpc) is 1.41. The summed E-state index contributed by atoms with van der Waals surface area (Å²) >= 11 is 0. The van der Waals surface area contributed by atoms with Crippen LogP contribution in [0.1, 0.15) is 0 Å². The molecule has 0 aliphatic heterocycles. The molecule has 0 spiro atoms. The van der Waals surface area contributed by atoms with Crippen molar-refractivity contribution in [2.75, 3.05) is 13.7 Å². The first-order chi connectivity index (χ1) is 2.41. The van der Waals surface area contributed by atoms with Crippen LogP contribution in [-0.4, -0.2) is 13.7 Å². The molecule has 29 valence electrons. The third-order valence-corrected chi connectivity index (χ3v) is 0.246. The van der Waals surface area contributed by atoms with Crippen LogP contribution in [0.5, 0.6) is 0 Å². The minimum atomic E-state index is 0.528. The molecule has 1 nitrogen and oxygen atoms in total. The smallest absolute Gasteiger partial charge is 0.0710 e. The molecular weight excluding hydrogens is 64.0 g/mol. The SMILES string of the molecule is C=[C]COC. The van der Waals surface area contributed by atoms with Gasteiger partial charge >= 0.3 is 0 Å². The van der Waals surface area contributed by atoms with Crippen molar-refractivity contribution in [2.45, 2.75) is 0 Å². The highest BCUT2D eigenvalue weighted by Gasteiger charge is 1.59. The van der Waals surface area contributed by atoms with Gasteiger partial charge in [0.25, 0.3) is 0 Å². The van der Waals surface area contributed by atoms with Crippen LogP contribution in [0.2, 0.25) is 0 Å². The van der Waals surface area contributed by atoms with Crippen LogP contribution < -0.4 is 0 Å². The van der Waals surface area contributed by atoms with E-state index in [9.17, 15) is 0 Å². The summed E-state index contributed by atoms with van der Waals surface area (Å²) in [6, 6.07) is 0. The molecule has 0 N–H and O–H groups in total. The largest absolute Gasteiger partial charge is 0.380 e. The molecule has 1 radical (unpaired) electrons. The van der Waals surface area contributed by atoms with Crippen molar-refractivity contribution in [3.05, 3.63) is 12.7 Å². The van der Waals surface area contributed by atoms with Gasteiger partial charge in [-0.25, -0.2) is 0 Å². The van der Waals surface area contributed by atoms with Crippen molar-refractivity contribution in [2.24, 2.45) is 0 Å². The van der Waals surface area contributed by atoms with Gasteiger partial charge in [-0.3, -0.25) is 0 Å². The van der Waals surface area contributed by atoms with Gasteiger partial charge in [-0.15, -0.1) is 0 Å². The highest BCUT2D eigenvalue weighted by Crippen LogP contribution is 1.58. The first-order valence-corrected chi connectivity index (χ1v) is 1.40. The monoisotopic (exact) mass is 71.0 g/mol. The first kappa shape index (κ1) is 4.70. The second-order valence-corrected chi connectivity index (χ2v) is 0.683. The van der Waals surface area contributed by atoms with Crippen LogP contribution in [0, 0.1) is 6.08 Å². The second-order valence-electron chi connectivity index (χ2n) is 0.683. The summed E-state index contributed by atoms with van der Waals surface area (Å²) in [5.41, 5.74) is 0. The Labute approximate surface area is 32.3 Å². The summed E-state index contributed by atoms with van der Waals surface area (Å²) in [4.78, 5) is 0. The molecule has 0 aromatic heterocycles. The average molecular weight is 71.1 g/mol. The molecule has 1 heteroatoms. The van der Waals surface area contributed by atoms with Gasteiger partial charge in [0, 0.05) is 7.11 Å². The Bertz CT molecular complexity index is 24.8. The fraction of sp³-hybridized carbons (Fsp3) is 0.500. The fourth-order valence-electron chi connectivity index (χ4n) is 0.102. The molecule has 0 fully saturated rings. The molecule has 5 heavy (non-hydrogen) atoms. The Morgan fingerprint density at radius 3 is 2.60 bits per heavy atom. The molecule has 0 aliphatic rings. The Morgan fingerprint density at radius 1 is 2.00 bits per heavy atom. The molecule has 0 rings (SSSR count). The third-order valence-electron chi connectivity index (χ3n) is 0.246. The number of rotatable bonds is 2. The maximum absolute atomic E-state index is 4.52. The summed E-state index contributed by atoms with van der Waals surface area (Å²) in [7, 11) is 1.61. The van der Waals surface area contributed by atoms with E-state index in [1.54, 1.807) is 7.11 Å². The van der Waals surface area contributed by atoms with Gasteiger partial charge < -0.3 is 4.74 Å². The standard InChI is InChI=1S/C4H7O/c1-3-4-5-2/h1,4H2,2H3. The van der Waals surface area contributed by atoms with Crippen molar-refractivity contribution in [3.8, 4) is 0 Å². The zero-order valence-electron chi connectivity index (χ0n) is 3.32. The van der Waals surface area contributed by atoms with Crippen LogP contribution in [0.25, 0.3) is 0 Å². The van der Waals surface area contributed by atoms with E-state index >= 15 is 0 Å². The summed E-state index contributed by atoms with van der Waals surface area (Å²) in [5, 5.41) is 0. The van der Waals surface area contributed by atoms with E-state index in [2.05, 4.69) is 17.4 Å². The minimum absolute atomic E-state index is 0.528. The van der Waals surface area contributed by atoms with Crippen molar-refractivity contribution in [1.82, 2.24) is 0 Å². The van der Waals surface area contributed by atoms with E-state index < -0.39 is 0 Å². The lowest BCUT2D eigenvalue weighted by molar-refractivity contribution is 0.229. The molecule has 0 saturated heterocycles. The lowest BCUT2D eigenvalue weighted by Gasteiger charge is -1.78. The van der Waals surface area contributed by atoms with Gasteiger partial charge in [0.1, 0.15) is 0 Å². The summed E-state index contributed by atoms with van der Waals surface area (Å²) in [6.07, 6.45) is 2.55. The molecule has 0 unspecified atom stereocenters. The van der Waals surface area contributed by atoms with Gasteiger partial charge in [0.2, 0.25) is 0 Å². The molecule has 0 heterocycles. The van der Waals surface area contributed by atoms with E-state index in [0.717, 1.165) is 0 Å². The van der Waals surface area contributed by atoms with Crippen molar-refractivity contribution < 1.29 is 4.74 Å². The number of methoxy groups -OCH3 is 1. The Kier molecular flexibility index (Phi) is 3.48. The third kappa shape index (κ3) is 3.70. The maximum atomic E-state index is 4.52. The minimum Gasteiger partial charge on any atom is -0.380 e. The summed E-state index contributed by atoms with van der Waals surface area (Å²) in [5.74, 6) is 0. The van der Waals surface area contributed by atoms with Gasteiger partial charge in [0.05, 0.1) is 6.61 Å². The van der Waals surface area contributed by atoms with Crippen LogP contribution in [0.15, 0.2) is 6.58 Å². The first-order valence-electron chi connectivity index (χ1n) is 1.40. The lowest BCUT2D eigenvalue weighted by atomic mass is 10.7. The molecule has 0 saturated carbocycles. The molecular formula is C4H7O. The second kappa shape index (κ2) is 3.70. The maximum Gasteiger partial charge on any atom is 0.0710 e. The van der Waals surface area contributed by atoms with Gasteiger partial charge in [-0.1, -0.05) is 6.58 Å². The molecule has 0 aromatic rings. The molecule has 0 aromatic carbocycles. The molecule has 0 atom stereocenters. The van der Waals surface area contributed by atoms with Crippen LogP contribution in [0.4, 0.5) is 0 Å². The summed E-state index contributed by atoms with van der Waals surface area (Å²) in [6.45, 7) is 3.83. The van der Waals surface area contributed by atoms with Gasteiger partial charge in [-0.2, -0.15) is 0 Å². The Morgan fingerprint density at radius 2 is 2.60 bits per heavy atom. The zero-order valence-corrected chi connectivity index (χ0v) is 3.32. The lowest BCUT2D eigenvalue weighted by Crippen LogP contribution is -1.77. The predicted molar refractivity (Wildman–Crippen MR) is 20.7 cm³/mol. The van der Waals surface area contributed by atoms with Crippen LogP contribution in [-0.2, 0) is 4.74 Å². The predicted octanol–water partition coefficient (Wildman–Crippen LogP) is 0.622. The highest BCUT2D eigenvalue weighted by molar-refractivity contribution is 4.49. The van der Waals surface area contributed by atoms with E-state index in [0.29, 0.717) is 6.61 Å². The zero-order chi connectivity index (χ0) is 4.12. The van der Waals surface area contributed by atoms with E-state index in [1.165, 1.54) is 0 Å². The van der Waals surface area contributed by atoms with Gasteiger partial charge in [0.15, 0.2) is 0 Å². The van der Waals surface area contributed by atoms with E-state index in [4.69, 9.17) is 0 Å². The molecule has 0 aliphatic carbocycles. The van der Waals surface area contributed by atoms with Crippen molar-refractivity contribution in [3.63, 3.8) is 0 Å². The van der Waals surface area contributed by atoms with Crippen molar-refractivity contribution in [1.29, 1.82) is 0 Å². The van der Waals surface area contributed by atoms with Gasteiger partial charge in [-0.05, 0) is 6.08 Å². The van der Waals surface area contributed by atoms with Crippen molar-refractivity contribution >= 4 is 0 Å². The van der Waals surface area contributed by atoms with Crippen LogP contribution >= 0.6 is 0 Å². The quantitative estimate of drug-likeness (QED) is 0.463. The topological polar surface area (TPSA) is 9.23 Å². The van der Waals surface area contributed by atoms with E-state index in [-0.39, 0.29) is 0 Å². The number of hydrogen-bond acceptors (Lipinski definition) is 1. The summed E-state index contributed by atoms with van der Waals surface area (Å²) < 4.78 is 4.52. The molecule has 0 bridgehead atoms. The molecule has 0 amide bonds. The normalized spacial score (nSPS) is 7.40. The number of hydrogen-bond donors (Lipinski definition) is 0.